The molecule has 4 nitrogen and oxygen atoms in total. The quantitative estimate of drug-likeness (QED) is 0.802. The summed E-state index contributed by atoms with van der Waals surface area (Å²) in [5.41, 5.74) is 0.806. The van der Waals surface area contributed by atoms with E-state index in [4.69, 9.17) is 5.11 Å². The van der Waals surface area contributed by atoms with Crippen LogP contribution in [0.25, 0.3) is 0 Å². The summed E-state index contributed by atoms with van der Waals surface area (Å²) in [5.74, 6) is -1.41. The molecule has 1 amide bonds. The number of nitrogens with zero attached hydrogens (tertiary/aromatic N) is 1. The van der Waals surface area contributed by atoms with Crippen molar-refractivity contribution in [1.29, 1.82) is 0 Å². The van der Waals surface area contributed by atoms with Crippen molar-refractivity contribution in [1.82, 2.24) is 4.90 Å². The predicted octanol–water partition coefficient (Wildman–Crippen LogP) is 3.21. The van der Waals surface area contributed by atoms with Crippen molar-refractivity contribution in [2.75, 3.05) is 13.6 Å². The molecular formula is C18H27NO3. The van der Waals surface area contributed by atoms with E-state index in [1.54, 1.807) is 18.9 Å². The third-order valence-corrected chi connectivity index (χ3v) is 4.01. The summed E-state index contributed by atoms with van der Waals surface area (Å²) >= 11 is 0. The zero-order valence-electron chi connectivity index (χ0n) is 14.0. The van der Waals surface area contributed by atoms with E-state index >= 15 is 0 Å². The Morgan fingerprint density at radius 3 is 2.36 bits per heavy atom. The Morgan fingerprint density at radius 2 is 1.82 bits per heavy atom. The minimum Gasteiger partial charge on any atom is -0.481 e. The zero-order chi connectivity index (χ0) is 16.8. The molecule has 0 aliphatic rings. The molecule has 4 heteroatoms. The van der Waals surface area contributed by atoms with Crippen LogP contribution in [-0.4, -0.2) is 35.5 Å². The van der Waals surface area contributed by atoms with Crippen LogP contribution in [0.1, 0.15) is 39.2 Å². The van der Waals surface area contributed by atoms with Gasteiger partial charge in [0.2, 0.25) is 5.91 Å². The maximum absolute atomic E-state index is 12.5. The average molecular weight is 305 g/mol. The van der Waals surface area contributed by atoms with Gasteiger partial charge < -0.3 is 10.0 Å². The topological polar surface area (TPSA) is 57.6 Å². The van der Waals surface area contributed by atoms with Gasteiger partial charge in [-0.05, 0) is 24.8 Å². The van der Waals surface area contributed by atoms with Gasteiger partial charge in [0.1, 0.15) is 0 Å². The number of carbonyl (C=O) groups is 2. The fraction of sp³-hybridized carbons (Fsp3) is 0.556. The number of amides is 1. The third kappa shape index (κ3) is 5.51. The smallest absolute Gasteiger partial charge is 0.308 e. The van der Waals surface area contributed by atoms with Crippen LogP contribution >= 0.6 is 0 Å². The summed E-state index contributed by atoms with van der Waals surface area (Å²) in [6.07, 6.45) is 2.67. The normalized spacial score (nSPS) is 12.7. The molecule has 0 saturated carbocycles. The maximum Gasteiger partial charge on any atom is 0.308 e. The van der Waals surface area contributed by atoms with E-state index in [0.29, 0.717) is 0 Å². The lowest BCUT2D eigenvalue weighted by Crippen LogP contribution is -2.41. The zero-order valence-corrected chi connectivity index (χ0v) is 14.0. The van der Waals surface area contributed by atoms with Crippen LogP contribution in [0.5, 0.6) is 0 Å². The molecule has 1 atom stereocenters. The molecule has 22 heavy (non-hydrogen) atoms. The summed E-state index contributed by atoms with van der Waals surface area (Å²) in [7, 11) is 1.68. The monoisotopic (exact) mass is 305 g/mol. The van der Waals surface area contributed by atoms with Crippen LogP contribution in [0.2, 0.25) is 0 Å². The number of rotatable bonds is 8. The van der Waals surface area contributed by atoms with Crippen LogP contribution in [0, 0.1) is 11.3 Å². The Balaban J connectivity index is 2.50. The third-order valence-electron chi connectivity index (χ3n) is 4.01. The van der Waals surface area contributed by atoms with Crippen molar-refractivity contribution in [2.24, 2.45) is 11.3 Å². The number of aliphatic carboxylic acids is 1. The van der Waals surface area contributed by atoms with Crippen molar-refractivity contribution in [3.05, 3.63) is 35.9 Å². The highest BCUT2D eigenvalue weighted by molar-refractivity contribution is 5.82. The second-order valence-electron chi connectivity index (χ2n) is 6.65. The van der Waals surface area contributed by atoms with Crippen molar-refractivity contribution in [3.8, 4) is 0 Å². The Kier molecular flexibility index (Phi) is 6.60. The number of hydrogen-bond donors (Lipinski definition) is 1. The number of benzene rings is 1. The van der Waals surface area contributed by atoms with Crippen molar-refractivity contribution < 1.29 is 14.7 Å². The number of carboxylic acid groups (broad SMARTS) is 1. The molecule has 0 fully saturated rings. The average Bonchev–Trinajstić information content (AvgIpc) is 2.47. The van der Waals surface area contributed by atoms with Gasteiger partial charge in [-0.25, -0.2) is 0 Å². The molecule has 1 N–H and O–H groups in total. The van der Waals surface area contributed by atoms with E-state index in [-0.39, 0.29) is 12.5 Å². The second kappa shape index (κ2) is 7.97. The lowest BCUT2D eigenvalue weighted by molar-refractivity contribution is -0.145. The second-order valence-corrected chi connectivity index (χ2v) is 6.65. The molecule has 0 heterocycles. The van der Waals surface area contributed by atoms with Gasteiger partial charge in [-0.2, -0.15) is 0 Å². The fourth-order valence-electron chi connectivity index (χ4n) is 2.57. The highest BCUT2D eigenvalue weighted by atomic mass is 16.4. The summed E-state index contributed by atoms with van der Waals surface area (Å²) in [6, 6.07) is 10.2. The van der Waals surface area contributed by atoms with Gasteiger partial charge in [0.15, 0.2) is 0 Å². The Hall–Kier alpha value is -1.84. The first-order valence-electron chi connectivity index (χ1n) is 7.76. The van der Waals surface area contributed by atoms with Crippen LogP contribution in [0.15, 0.2) is 30.3 Å². The first-order chi connectivity index (χ1) is 10.2. The molecule has 0 aromatic heterocycles. The molecule has 0 spiro atoms. The molecule has 0 aliphatic carbocycles. The lowest BCUT2D eigenvalue weighted by atomic mass is 9.85. The first-order valence-corrected chi connectivity index (χ1v) is 7.76. The van der Waals surface area contributed by atoms with E-state index in [1.807, 2.05) is 32.0 Å². The number of carbonyl (C=O) groups excluding carboxylic acids is 1. The highest BCUT2D eigenvalue weighted by Gasteiger charge is 2.31. The van der Waals surface area contributed by atoms with Crippen LogP contribution in [0.3, 0.4) is 0 Å². The molecule has 1 aromatic carbocycles. The van der Waals surface area contributed by atoms with Crippen molar-refractivity contribution >= 4 is 11.9 Å². The maximum atomic E-state index is 12.5. The van der Waals surface area contributed by atoms with Crippen LogP contribution in [0.4, 0.5) is 0 Å². The van der Waals surface area contributed by atoms with Crippen molar-refractivity contribution in [3.63, 3.8) is 0 Å². The van der Waals surface area contributed by atoms with E-state index < -0.39 is 17.3 Å². The van der Waals surface area contributed by atoms with Crippen LogP contribution in [-0.2, 0) is 16.0 Å². The molecule has 0 saturated heterocycles. The van der Waals surface area contributed by atoms with Crippen LogP contribution < -0.4 is 0 Å². The number of aryl methyl sites for hydroxylation is 1. The fourth-order valence-corrected chi connectivity index (χ4v) is 2.57. The number of hydrogen-bond acceptors (Lipinski definition) is 2. The van der Waals surface area contributed by atoms with E-state index in [9.17, 15) is 9.59 Å². The first kappa shape index (κ1) is 18.2. The summed E-state index contributed by atoms with van der Waals surface area (Å²) in [6.45, 7) is 5.73. The molecule has 0 radical (unpaired) electrons. The lowest BCUT2D eigenvalue weighted by Gasteiger charge is -2.30. The minimum atomic E-state index is -0.874. The molecular weight excluding hydrogens is 278 g/mol. The Bertz CT molecular complexity index is 496. The highest BCUT2D eigenvalue weighted by Crippen LogP contribution is 2.26. The van der Waals surface area contributed by atoms with Gasteiger partial charge in [0, 0.05) is 19.0 Å². The molecule has 122 valence electrons. The predicted molar refractivity (Wildman–Crippen MR) is 87.6 cm³/mol. The largest absolute Gasteiger partial charge is 0.481 e. The Morgan fingerprint density at radius 1 is 1.23 bits per heavy atom. The van der Waals surface area contributed by atoms with Crippen molar-refractivity contribution in [2.45, 2.75) is 40.0 Å². The molecule has 1 aromatic rings. The van der Waals surface area contributed by atoms with E-state index in [0.717, 1.165) is 19.3 Å². The summed E-state index contributed by atoms with van der Waals surface area (Å²) < 4.78 is 0. The molecule has 1 unspecified atom stereocenters. The SMILES string of the molecule is CC(CN(C)C(=O)C(C)(C)CCCc1ccccc1)C(=O)O. The van der Waals surface area contributed by atoms with E-state index in [2.05, 4.69) is 12.1 Å². The molecule has 1 rings (SSSR count). The summed E-state index contributed by atoms with van der Waals surface area (Å²) in [5, 5.41) is 8.94. The molecule has 0 bridgehead atoms. The minimum absolute atomic E-state index is 0.00802. The van der Waals surface area contributed by atoms with Gasteiger partial charge in [0.25, 0.3) is 0 Å². The summed E-state index contributed by atoms with van der Waals surface area (Å²) in [4.78, 5) is 24.9. The van der Waals surface area contributed by atoms with E-state index in [1.165, 1.54) is 5.56 Å². The van der Waals surface area contributed by atoms with Gasteiger partial charge in [0.05, 0.1) is 5.92 Å². The number of carboxylic acids is 1. The van der Waals surface area contributed by atoms with Gasteiger partial charge in [-0.3, -0.25) is 9.59 Å². The van der Waals surface area contributed by atoms with Gasteiger partial charge in [-0.15, -0.1) is 0 Å². The molecule has 0 aliphatic heterocycles. The standard InChI is InChI=1S/C18H27NO3/c1-14(16(20)21)13-19(4)17(22)18(2,3)12-8-11-15-9-6-5-7-10-15/h5-7,9-10,14H,8,11-13H2,1-4H3,(H,20,21). The van der Waals surface area contributed by atoms with Gasteiger partial charge >= 0.3 is 5.97 Å². The van der Waals surface area contributed by atoms with Gasteiger partial charge in [-0.1, -0.05) is 51.1 Å². The Labute approximate surface area is 133 Å².